The van der Waals surface area contributed by atoms with Crippen LogP contribution in [0.4, 0.5) is 10.6 Å². The highest BCUT2D eigenvalue weighted by Gasteiger charge is 2.25. The number of hydrogen-bond acceptors (Lipinski definition) is 6. The van der Waals surface area contributed by atoms with Gasteiger partial charge in [-0.15, -0.1) is 11.3 Å². The van der Waals surface area contributed by atoms with Gasteiger partial charge in [0.05, 0.1) is 12.0 Å². The number of nitrogens with zero attached hydrogens (tertiary/aromatic N) is 4. The van der Waals surface area contributed by atoms with Crippen molar-refractivity contribution in [3.05, 3.63) is 39.6 Å². The van der Waals surface area contributed by atoms with Crippen molar-refractivity contribution in [1.29, 1.82) is 5.26 Å². The van der Waals surface area contributed by atoms with Gasteiger partial charge < -0.3 is 9.84 Å². The van der Waals surface area contributed by atoms with E-state index < -0.39 is 6.09 Å². The average Bonchev–Trinajstić information content (AvgIpc) is 3.25. The highest BCUT2D eigenvalue weighted by atomic mass is 32.1. The zero-order chi connectivity index (χ0) is 23.4. The van der Waals surface area contributed by atoms with Crippen LogP contribution >= 0.6 is 11.3 Å². The molecule has 0 bridgehead atoms. The smallest absolute Gasteiger partial charge is 0.412 e. The Hall–Kier alpha value is -3.38. The molecule has 168 valence electrons. The van der Waals surface area contributed by atoms with Crippen LogP contribution in [-0.4, -0.2) is 34.4 Å². The summed E-state index contributed by atoms with van der Waals surface area (Å²) in [5, 5.41) is 22.1. The van der Waals surface area contributed by atoms with Gasteiger partial charge in [-0.05, 0) is 24.5 Å². The minimum atomic E-state index is -1.18. The highest BCUT2D eigenvalue weighted by Crippen LogP contribution is 2.37. The molecule has 0 saturated heterocycles. The van der Waals surface area contributed by atoms with E-state index >= 15 is 0 Å². The SMILES string of the molecule is CCCCOc1c(N(C)C(=O)O)n(CC(C)C)c(=O)c2ccc(-c3nc(C#N)cs3)cc12. The molecule has 9 heteroatoms. The molecule has 0 spiro atoms. The number of hydrogen-bond donors (Lipinski definition) is 1. The van der Waals surface area contributed by atoms with Crippen LogP contribution in [0.3, 0.4) is 0 Å². The molecule has 1 N–H and O–H groups in total. The molecule has 0 unspecified atom stereocenters. The third kappa shape index (κ3) is 4.60. The Morgan fingerprint density at radius 3 is 2.72 bits per heavy atom. The molecule has 0 aliphatic carbocycles. The number of amides is 1. The lowest BCUT2D eigenvalue weighted by molar-refractivity contribution is 0.202. The van der Waals surface area contributed by atoms with E-state index in [-0.39, 0.29) is 17.3 Å². The van der Waals surface area contributed by atoms with Crippen molar-refractivity contribution in [2.24, 2.45) is 5.92 Å². The normalized spacial score (nSPS) is 11.0. The van der Waals surface area contributed by atoms with Gasteiger partial charge in [0.25, 0.3) is 5.56 Å². The van der Waals surface area contributed by atoms with Crippen molar-refractivity contribution in [3.8, 4) is 22.4 Å². The molecule has 1 amide bonds. The van der Waals surface area contributed by atoms with Gasteiger partial charge in [-0.3, -0.25) is 14.3 Å². The van der Waals surface area contributed by atoms with Gasteiger partial charge in [-0.1, -0.05) is 33.3 Å². The second kappa shape index (κ2) is 9.83. The Bertz CT molecular complexity index is 1240. The maximum atomic E-state index is 13.4. The maximum Gasteiger partial charge on any atom is 0.412 e. The van der Waals surface area contributed by atoms with Gasteiger partial charge in [0.15, 0.2) is 17.3 Å². The monoisotopic (exact) mass is 454 g/mol. The highest BCUT2D eigenvalue weighted by molar-refractivity contribution is 7.13. The summed E-state index contributed by atoms with van der Waals surface area (Å²) in [5.41, 5.74) is 0.778. The predicted molar refractivity (Wildman–Crippen MR) is 126 cm³/mol. The number of aromatic nitrogens is 2. The summed E-state index contributed by atoms with van der Waals surface area (Å²) in [6, 6.07) is 7.32. The number of rotatable bonds is 8. The molecule has 0 aliphatic heterocycles. The fourth-order valence-electron chi connectivity index (χ4n) is 3.41. The first-order chi connectivity index (χ1) is 15.3. The molecular weight excluding hydrogens is 428 g/mol. The van der Waals surface area contributed by atoms with Gasteiger partial charge in [0, 0.05) is 29.9 Å². The van der Waals surface area contributed by atoms with Gasteiger partial charge in [0.1, 0.15) is 11.1 Å². The van der Waals surface area contributed by atoms with Crippen LogP contribution in [0.5, 0.6) is 5.75 Å². The van der Waals surface area contributed by atoms with E-state index in [4.69, 9.17) is 10.00 Å². The molecule has 0 fully saturated rings. The third-order valence-corrected chi connectivity index (χ3v) is 5.85. The molecule has 3 rings (SSSR count). The molecule has 2 heterocycles. The summed E-state index contributed by atoms with van der Waals surface area (Å²) >= 11 is 1.33. The van der Waals surface area contributed by atoms with Crippen LogP contribution in [0, 0.1) is 17.2 Å². The number of benzene rings is 1. The van der Waals surface area contributed by atoms with E-state index in [1.807, 2.05) is 26.8 Å². The first-order valence-corrected chi connectivity index (χ1v) is 11.3. The second-order valence-corrected chi connectivity index (χ2v) is 8.77. The predicted octanol–water partition coefficient (Wildman–Crippen LogP) is 4.95. The largest absolute Gasteiger partial charge is 0.489 e. The first kappa shape index (κ1) is 23.3. The number of nitriles is 1. The number of anilines is 1. The van der Waals surface area contributed by atoms with E-state index in [0.717, 1.165) is 23.3 Å². The van der Waals surface area contributed by atoms with E-state index in [1.54, 1.807) is 23.6 Å². The lowest BCUT2D eigenvalue weighted by atomic mass is 10.1. The van der Waals surface area contributed by atoms with Crippen molar-refractivity contribution in [2.75, 3.05) is 18.6 Å². The Balaban J connectivity index is 2.35. The maximum absolute atomic E-state index is 13.4. The van der Waals surface area contributed by atoms with Crippen LogP contribution in [0.15, 0.2) is 28.4 Å². The molecule has 0 atom stereocenters. The van der Waals surface area contributed by atoms with Crippen LogP contribution in [0.25, 0.3) is 21.3 Å². The van der Waals surface area contributed by atoms with Gasteiger partial charge >= 0.3 is 6.09 Å². The fourth-order valence-corrected chi connectivity index (χ4v) is 4.16. The molecule has 32 heavy (non-hydrogen) atoms. The number of pyridine rings is 1. The standard InChI is InChI=1S/C23H26N4O4S/c1-5-6-9-31-19-18-10-15(20-25-16(11-24)13-32-20)7-8-17(18)22(28)27(12-14(2)3)21(19)26(4)23(29)30/h7-8,10,13-14H,5-6,9,12H2,1-4H3,(H,29,30). The lowest BCUT2D eigenvalue weighted by Gasteiger charge is -2.25. The quantitative estimate of drug-likeness (QED) is 0.483. The Kier molecular flexibility index (Phi) is 7.15. The molecular formula is C23H26N4O4S. The summed E-state index contributed by atoms with van der Waals surface area (Å²) in [5.74, 6) is 0.694. The molecule has 0 saturated carbocycles. The second-order valence-electron chi connectivity index (χ2n) is 7.92. The van der Waals surface area contributed by atoms with Crippen LogP contribution in [0.2, 0.25) is 0 Å². The molecule has 0 aliphatic rings. The number of thiazole rings is 1. The van der Waals surface area contributed by atoms with E-state index in [1.165, 1.54) is 23.0 Å². The molecule has 8 nitrogen and oxygen atoms in total. The van der Waals surface area contributed by atoms with Crippen molar-refractivity contribution >= 4 is 34.0 Å². The zero-order valence-electron chi connectivity index (χ0n) is 18.6. The van der Waals surface area contributed by atoms with Gasteiger partial charge in [-0.25, -0.2) is 9.78 Å². The minimum absolute atomic E-state index is 0.119. The zero-order valence-corrected chi connectivity index (χ0v) is 19.4. The first-order valence-electron chi connectivity index (χ1n) is 10.4. The van der Waals surface area contributed by atoms with Crippen molar-refractivity contribution in [3.63, 3.8) is 0 Å². The fraction of sp³-hybridized carbons (Fsp3) is 0.391. The summed E-state index contributed by atoms with van der Waals surface area (Å²) in [4.78, 5) is 30.7. The number of carboxylic acid groups (broad SMARTS) is 1. The Labute approximate surface area is 190 Å². The number of fused-ring (bicyclic) bond motifs is 1. The van der Waals surface area contributed by atoms with E-state index in [9.17, 15) is 14.7 Å². The summed E-state index contributed by atoms with van der Waals surface area (Å²) < 4.78 is 7.61. The van der Waals surface area contributed by atoms with Crippen molar-refractivity contribution < 1.29 is 14.6 Å². The molecule has 1 aromatic carbocycles. The Morgan fingerprint density at radius 2 is 2.12 bits per heavy atom. The van der Waals surface area contributed by atoms with Gasteiger partial charge in [-0.2, -0.15) is 5.26 Å². The molecule has 2 aromatic heterocycles. The molecule has 0 radical (unpaired) electrons. The molecule has 3 aromatic rings. The average molecular weight is 455 g/mol. The summed E-state index contributed by atoms with van der Waals surface area (Å²) in [6.07, 6.45) is 0.518. The number of unbranched alkanes of at least 4 members (excludes halogenated alkanes) is 1. The van der Waals surface area contributed by atoms with Crippen LogP contribution in [0.1, 0.15) is 39.3 Å². The van der Waals surface area contributed by atoms with Crippen LogP contribution < -0.4 is 15.2 Å². The van der Waals surface area contributed by atoms with Crippen molar-refractivity contribution in [1.82, 2.24) is 9.55 Å². The summed E-state index contributed by atoms with van der Waals surface area (Å²) in [7, 11) is 1.41. The van der Waals surface area contributed by atoms with Gasteiger partial charge in [0.2, 0.25) is 0 Å². The van der Waals surface area contributed by atoms with Crippen molar-refractivity contribution in [2.45, 2.75) is 40.2 Å². The lowest BCUT2D eigenvalue weighted by Crippen LogP contribution is -2.34. The Morgan fingerprint density at radius 1 is 1.38 bits per heavy atom. The van der Waals surface area contributed by atoms with Crippen LogP contribution in [-0.2, 0) is 6.54 Å². The number of ether oxygens (including phenoxy) is 1. The summed E-state index contributed by atoms with van der Waals surface area (Å²) in [6.45, 7) is 6.73. The minimum Gasteiger partial charge on any atom is -0.489 e. The third-order valence-electron chi connectivity index (χ3n) is 4.96. The van der Waals surface area contributed by atoms with E-state index in [2.05, 4.69) is 4.98 Å². The number of carbonyl (C=O) groups is 1. The van der Waals surface area contributed by atoms with E-state index in [0.29, 0.717) is 40.4 Å². The topological polar surface area (TPSA) is 108 Å².